The van der Waals surface area contributed by atoms with E-state index in [1.165, 1.54) is 24.3 Å². The van der Waals surface area contributed by atoms with Gasteiger partial charge in [0.25, 0.3) is 5.56 Å². The Morgan fingerprint density at radius 3 is 2.53 bits per heavy atom. The molecule has 0 aliphatic heterocycles. The van der Waals surface area contributed by atoms with Crippen LogP contribution in [0.15, 0.2) is 72.3 Å². The summed E-state index contributed by atoms with van der Waals surface area (Å²) in [6.07, 6.45) is 2.11. The van der Waals surface area contributed by atoms with E-state index in [9.17, 15) is 19.1 Å². The lowest BCUT2D eigenvalue weighted by Gasteiger charge is -2.19. The summed E-state index contributed by atoms with van der Waals surface area (Å²) < 4.78 is 20.4. The highest BCUT2D eigenvalue weighted by atomic mass is 32.2. The van der Waals surface area contributed by atoms with Crippen molar-refractivity contribution in [2.75, 3.05) is 0 Å². The summed E-state index contributed by atoms with van der Waals surface area (Å²) in [6, 6.07) is 12.7. The van der Waals surface area contributed by atoms with E-state index in [1.54, 1.807) is 16.7 Å². The van der Waals surface area contributed by atoms with Gasteiger partial charge < -0.3 is 14.1 Å². The van der Waals surface area contributed by atoms with E-state index in [-0.39, 0.29) is 27.5 Å². The number of hydrogen-bond acceptors (Lipinski definition) is 5. The minimum atomic E-state index is -0.744. The van der Waals surface area contributed by atoms with Crippen molar-refractivity contribution >= 4 is 33.6 Å². The minimum absolute atomic E-state index is 0.00888. The van der Waals surface area contributed by atoms with Crippen LogP contribution in [0.4, 0.5) is 4.39 Å². The number of pyridine rings is 1. The second kappa shape index (κ2) is 7.02. The molecule has 0 amide bonds. The molecule has 4 aromatic rings. The summed E-state index contributed by atoms with van der Waals surface area (Å²) in [6.45, 7) is 2.00. The van der Waals surface area contributed by atoms with E-state index in [2.05, 4.69) is 0 Å². The Hall–Kier alpha value is -3.06. The number of hydrogen-bond donors (Lipinski definition) is 1. The first kappa shape index (κ1) is 18.9. The zero-order valence-corrected chi connectivity index (χ0v) is 16.9. The lowest BCUT2D eigenvalue weighted by atomic mass is 10.1. The molecule has 30 heavy (non-hydrogen) atoms. The molecule has 1 atom stereocenters. The lowest BCUT2D eigenvalue weighted by molar-refractivity contribution is 0.443. The van der Waals surface area contributed by atoms with Gasteiger partial charge in [0.05, 0.1) is 5.52 Å². The SMILES string of the molecule is CC(C1CC1)n1c(=O)c2c(O)c(Sc3ccc(F)cc3)c(=O)oc2c2ccccc21. The Labute approximate surface area is 174 Å². The summed E-state index contributed by atoms with van der Waals surface area (Å²) in [5.41, 5.74) is -0.367. The maximum atomic E-state index is 13.5. The number of fused-ring (bicyclic) bond motifs is 3. The number of rotatable bonds is 4. The van der Waals surface area contributed by atoms with Gasteiger partial charge in [-0.15, -0.1) is 0 Å². The van der Waals surface area contributed by atoms with E-state index >= 15 is 0 Å². The molecule has 1 aliphatic carbocycles. The number of aromatic hydroxyl groups is 1. The highest BCUT2D eigenvalue weighted by Crippen LogP contribution is 2.42. The predicted molar refractivity (Wildman–Crippen MR) is 114 cm³/mol. The van der Waals surface area contributed by atoms with Crippen molar-refractivity contribution in [1.82, 2.24) is 4.57 Å². The number of benzene rings is 2. The maximum absolute atomic E-state index is 13.5. The highest BCUT2D eigenvalue weighted by molar-refractivity contribution is 7.99. The molecule has 152 valence electrons. The van der Waals surface area contributed by atoms with Crippen molar-refractivity contribution in [3.63, 3.8) is 0 Å². The number of halogens is 1. The van der Waals surface area contributed by atoms with Crippen LogP contribution in [0.25, 0.3) is 21.9 Å². The molecule has 1 N–H and O–H groups in total. The van der Waals surface area contributed by atoms with Gasteiger partial charge in [-0.1, -0.05) is 23.9 Å². The van der Waals surface area contributed by atoms with Gasteiger partial charge in [0, 0.05) is 16.3 Å². The summed E-state index contributed by atoms with van der Waals surface area (Å²) in [7, 11) is 0. The summed E-state index contributed by atoms with van der Waals surface area (Å²) in [5, 5.41) is 11.6. The van der Waals surface area contributed by atoms with Gasteiger partial charge in [-0.05, 0) is 62.1 Å². The smallest absolute Gasteiger partial charge is 0.354 e. The van der Waals surface area contributed by atoms with Gasteiger partial charge in [0.1, 0.15) is 16.1 Å². The van der Waals surface area contributed by atoms with E-state index in [4.69, 9.17) is 4.42 Å². The fourth-order valence-electron chi connectivity index (χ4n) is 3.91. The molecule has 7 heteroatoms. The quantitative estimate of drug-likeness (QED) is 0.464. The highest BCUT2D eigenvalue weighted by Gasteiger charge is 2.32. The third-order valence-electron chi connectivity index (χ3n) is 5.65. The lowest BCUT2D eigenvalue weighted by Crippen LogP contribution is -2.26. The molecule has 0 spiro atoms. The molecule has 1 saturated carbocycles. The molecule has 1 aliphatic rings. The molecule has 0 radical (unpaired) electrons. The van der Waals surface area contributed by atoms with Crippen LogP contribution >= 0.6 is 11.8 Å². The van der Waals surface area contributed by atoms with Crippen molar-refractivity contribution in [2.45, 2.75) is 35.6 Å². The van der Waals surface area contributed by atoms with Crippen LogP contribution < -0.4 is 11.2 Å². The van der Waals surface area contributed by atoms with Crippen LogP contribution in [0.2, 0.25) is 0 Å². The summed E-state index contributed by atoms with van der Waals surface area (Å²) in [5.74, 6) is -0.393. The summed E-state index contributed by atoms with van der Waals surface area (Å²) in [4.78, 5) is 26.6. The first-order valence-corrected chi connectivity index (χ1v) is 10.5. The van der Waals surface area contributed by atoms with Crippen molar-refractivity contribution < 1.29 is 13.9 Å². The number of nitrogens with zero attached hydrogens (tertiary/aromatic N) is 1. The summed E-state index contributed by atoms with van der Waals surface area (Å²) >= 11 is 0.940. The molecule has 2 aromatic heterocycles. The van der Waals surface area contributed by atoms with E-state index in [0.29, 0.717) is 21.7 Å². The third-order valence-corrected chi connectivity index (χ3v) is 6.72. The monoisotopic (exact) mass is 423 g/mol. The van der Waals surface area contributed by atoms with E-state index < -0.39 is 17.2 Å². The van der Waals surface area contributed by atoms with Gasteiger partial charge in [-0.2, -0.15) is 0 Å². The van der Waals surface area contributed by atoms with Crippen molar-refractivity contribution in [2.24, 2.45) is 5.92 Å². The topological polar surface area (TPSA) is 72.4 Å². The molecule has 2 aromatic carbocycles. The van der Waals surface area contributed by atoms with E-state index in [0.717, 1.165) is 24.6 Å². The molecule has 5 rings (SSSR count). The Morgan fingerprint density at radius 2 is 1.83 bits per heavy atom. The standard InChI is InChI=1S/C23H18FNO4S/c1-12(13-6-7-13)25-17-5-3-2-4-16(17)20-18(22(25)27)19(26)21(23(28)29-20)30-15-10-8-14(24)9-11-15/h2-5,8-13,26H,6-7H2,1H3. The molecule has 2 heterocycles. The zero-order valence-electron chi connectivity index (χ0n) is 16.1. The largest absolute Gasteiger partial charge is 0.505 e. The van der Waals surface area contributed by atoms with Crippen LogP contribution in [0.1, 0.15) is 25.8 Å². The molecule has 5 nitrogen and oxygen atoms in total. The Bertz CT molecular complexity index is 1400. The minimum Gasteiger partial charge on any atom is -0.505 e. The van der Waals surface area contributed by atoms with Crippen LogP contribution in [0.5, 0.6) is 5.75 Å². The fraction of sp³-hybridized carbons (Fsp3) is 0.217. The average molecular weight is 423 g/mol. The molecular weight excluding hydrogens is 405 g/mol. The molecule has 0 saturated heterocycles. The Balaban J connectivity index is 1.81. The molecular formula is C23H18FNO4S. The van der Waals surface area contributed by atoms with Gasteiger partial charge in [-0.3, -0.25) is 4.79 Å². The van der Waals surface area contributed by atoms with Gasteiger partial charge in [0.2, 0.25) is 0 Å². The number of para-hydroxylation sites is 1. The van der Waals surface area contributed by atoms with E-state index in [1.807, 2.05) is 19.1 Å². The molecule has 0 bridgehead atoms. The normalized spacial score (nSPS) is 15.0. The van der Waals surface area contributed by atoms with Crippen molar-refractivity contribution in [1.29, 1.82) is 0 Å². The third kappa shape index (κ3) is 3.01. The van der Waals surface area contributed by atoms with Crippen LogP contribution in [0, 0.1) is 11.7 Å². The number of aromatic nitrogens is 1. The van der Waals surface area contributed by atoms with Crippen LogP contribution in [-0.4, -0.2) is 9.67 Å². The first-order valence-electron chi connectivity index (χ1n) is 9.72. The second-order valence-corrected chi connectivity index (χ2v) is 8.68. The Kier molecular flexibility index (Phi) is 4.43. The Morgan fingerprint density at radius 1 is 1.13 bits per heavy atom. The van der Waals surface area contributed by atoms with Crippen molar-refractivity contribution in [3.05, 3.63) is 75.1 Å². The first-order chi connectivity index (χ1) is 14.5. The predicted octanol–water partition coefficient (Wildman–Crippen LogP) is 5.07. The molecule has 1 fully saturated rings. The van der Waals surface area contributed by atoms with Gasteiger partial charge in [0.15, 0.2) is 11.3 Å². The van der Waals surface area contributed by atoms with Gasteiger partial charge >= 0.3 is 5.63 Å². The van der Waals surface area contributed by atoms with Crippen LogP contribution in [0.3, 0.4) is 0 Å². The zero-order chi connectivity index (χ0) is 21.0. The van der Waals surface area contributed by atoms with Crippen molar-refractivity contribution in [3.8, 4) is 5.75 Å². The second-order valence-electron chi connectivity index (χ2n) is 7.60. The fourth-order valence-corrected chi connectivity index (χ4v) is 4.74. The van der Waals surface area contributed by atoms with Gasteiger partial charge in [-0.25, -0.2) is 9.18 Å². The average Bonchev–Trinajstić information content (AvgIpc) is 3.57. The maximum Gasteiger partial charge on any atom is 0.354 e. The molecule has 1 unspecified atom stereocenters. The van der Waals surface area contributed by atoms with Crippen LogP contribution in [-0.2, 0) is 0 Å².